The van der Waals surface area contributed by atoms with E-state index in [9.17, 15) is 9.59 Å². The fraction of sp³-hybridized carbons (Fsp3) is 0.500. The van der Waals surface area contributed by atoms with Crippen molar-refractivity contribution in [3.63, 3.8) is 0 Å². The van der Waals surface area contributed by atoms with E-state index in [1.807, 2.05) is 12.1 Å². The maximum absolute atomic E-state index is 12.7. The molecular weight excluding hydrogens is 531 g/mol. The summed E-state index contributed by atoms with van der Waals surface area (Å²) in [5.41, 5.74) is 1.02. The average Bonchev–Trinajstić information content (AvgIpc) is 3.43. The summed E-state index contributed by atoms with van der Waals surface area (Å²) < 4.78 is 5.17. The second kappa shape index (κ2) is 10.2. The SMILES string of the molecule is CN=C(NCCc1ccc(OC)cc1Cl)NCCN1C(=O)C2C3C=CC(C3)C2C1=O.I. The molecule has 1 saturated carbocycles. The predicted octanol–water partition coefficient (Wildman–Crippen LogP) is 2.48. The van der Waals surface area contributed by atoms with Crippen LogP contribution in [0.2, 0.25) is 5.02 Å². The molecule has 9 heteroatoms. The number of fused-ring (bicyclic) bond motifs is 5. The number of carbonyl (C=O) groups is 2. The van der Waals surface area contributed by atoms with Crippen molar-refractivity contribution in [3.05, 3.63) is 40.9 Å². The number of allylic oxidation sites excluding steroid dienone is 2. The van der Waals surface area contributed by atoms with Crippen LogP contribution < -0.4 is 15.4 Å². The van der Waals surface area contributed by atoms with Crippen LogP contribution in [0.15, 0.2) is 35.3 Å². The van der Waals surface area contributed by atoms with Gasteiger partial charge in [0.05, 0.1) is 18.9 Å². The van der Waals surface area contributed by atoms with E-state index in [4.69, 9.17) is 16.3 Å². The number of hydrogen-bond acceptors (Lipinski definition) is 4. The Kier molecular flexibility index (Phi) is 7.85. The molecule has 1 saturated heterocycles. The molecule has 0 aromatic heterocycles. The van der Waals surface area contributed by atoms with Crippen molar-refractivity contribution in [2.24, 2.45) is 28.7 Å². The Balaban J connectivity index is 0.00000272. The van der Waals surface area contributed by atoms with Crippen LogP contribution in [0, 0.1) is 23.7 Å². The van der Waals surface area contributed by atoms with Gasteiger partial charge in [-0.15, -0.1) is 24.0 Å². The van der Waals surface area contributed by atoms with Crippen molar-refractivity contribution in [3.8, 4) is 5.75 Å². The zero-order valence-corrected chi connectivity index (χ0v) is 20.7. The molecule has 2 amide bonds. The van der Waals surface area contributed by atoms with Crippen LogP contribution in [0.3, 0.4) is 0 Å². The van der Waals surface area contributed by atoms with Gasteiger partial charge >= 0.3 is 0 Å². The molecule has 2 aliphatic carbocycles. The average molecular weight is 559 g/mol. The number of hydrogen-bond donors (Lipinski definition) is 2. The minimum atomic E-state index is -0.140. The summed E-state index contributed by atoms with van der Waals surface area (Å²) in [5, 5.41) is 7.09. The second-order valence-corrected chi connectivity index (χ2v) is 8.37. The van der Waals surface area contributed by atoms with Crippen LogP contribution in [0.25, 0.3) is 0 Å². The molecule has 1 aromatic carbocycles. The third-order valence-corrected chi connectivity index (χ3v) is 6.71. The molecular formula is C22H28ClIN4O3. The number of halogens is 2. The van der Waals surface area contributed by atoms with E-state index in [0.29, 0.717) is 30.6 Å². The van der Waals surface area contributed by atoms with E-state index in [1.165, 1.54) is 4.90 Å². The summed E-state index contributed by atoms with van der Waals surface area (Å²) in [6.45, 7) is 1.46. The number of carbonyl (C=O) groups excluding carboxylic acids is 2. The first-order chi connectivity index (χ1) is 14.5. The number of aliphatic imine (C=N–C) groups is 1. The van der Waals surface area contributed by atoms with Crippen LogP contribution in [0.1, 0.15) is 12.0 Å². The highest BCUT2D eigenvalue weighted by Crippen LogP contribution is 2.52. The van der Waals surface area contributed by atoms with Crippen LogP contribution in [-0.4, -0.2) is 56.5 Å². The number of amides is 2. The first-order valence-corrected chi connectivity index (χ1v) is 10.7. The van der Waals surface area contributed by atoms with Gasteiger partial charge in [0.15, 0.2) is 5.96 Å². The van der Waals surface area contributed by atoms with Gasteiger partial charge in [0, 0.05) is 31.7 Å². The summed E-state index contributed by atoms with van der Waals surface area (Å²) in [7, 11) is 3.30. The van der Waals surface area contributed by atoms with Crippen LogP contribution in [-0.2, 0) is 16.0 Å². The maximum Gasteiger partial charge on any atom is 0.233 e. The summed E-state index contributed by atoms with van der Waals surface area (Å²) in [6, 6.07) is 5.63. The van der Waals surface area contributed by atoms with Crippen molar-refractivity contribution in [1.29, 1.82) is 0 Å². The predicted molar refractivity (Wildman–Crippen MR) is 131 cm³/mol. The van der Waals surface area contributed by atoms with Gasteiger partial charge in [-0.25, -0.2) is 0 Å². The number of rotatable bonds is 7. The van der Waals surface area contributed by atoms with E-state index >= 15 is 0 Å². The van der Waals surface area contributed by atoms with Crippen molar-refractivity contribution in [2.45, 2.75) is 12.8 Å². The van der Waals surface area contributed by atoms with Crippen LogP contribution in [0.5, 0.6) is 5.75 Å². The highest BCUT2D eigenvalue weighted by Gasteiger charge is 2.58. The zero-order valence-electron chi connectivity index (χ0n) is 17.6. The molecule has 0 radical (unpaired) electrons. The van der Waals surface area contributed by atoms with E-state index in [0.717, 1.165) is 24.2 Å². The Morgan fingerprint density at radius 2 is 1.81 bits per heavy atom. The van der Waals surface area contributed by atoms with Gasteiger partial charge in [0.25, 0.3) is 0 Å². The molecule has 4 rings (SSSR count). The van der Waals surface area contributed by atoms with Gasteiger partial charge in [-0.2, -0.15) is 0 Å². The molecule has 7 nitrogen and oxygen atoms in total. The minimum absolute atomic E-state index is 0. The molecule has 2 fully saturated rings. The fourth-order valence-electron chi connectivity index (χ4n) is 4.86. The third kappa shape index (κ3) is 4.69. The Bertz CT molecular complexity index is 877. The molecule has 2 bridgehead atoms. The Morgan fingerprint density at radius 1 is 1.16 bits per heavy atom. The molecule has 31 heavy (non-hydrogen) atoms. The van der Waals surface area contributed by atoms with Crippen LogP contribution >= 0.6 is 35.6 Å². The van der Waals surface area contributed by atoms with Gasteiger partial charge in [0.1, 0.15) is 5.75 Å². The van der Waals surface area contributed by atoms with Crippen molar-refractivity contribution < 1.29 is 14.3 Å². The Labute approximate surface area is 204 Å². The summed E-state index contributed by atoms with van der Waals surface area (Å²) in [6.07, 6.45) is 5.90. The molecule has 3 aliphatic rings. The molecule has 2 N–H and O–H groups in total. The number of imide groups is 1. The maximum atomic E-state index is 12.7. The van der Waals surface area contributed by atoms with Crippen molar-refractivity contribution in [2.75, 3.05) is 33.8 Å². The Hall–Kier alpha value is -1.81. The summed E-state index contributed by atoms with van der Waals surface area (Å²) >= 11 is 6.28. The number of ether oxygens (including phenoxy) is 1. The molecule has 4 atom stereocenters. The van der Waals surface area contributed by atoms with E-state index in [-0.39, 0.29) is 59.5 Å². The largest absolute Gasteiger partial charge is 0.497 e. The van der Waals surface area contributed by atoms with E-state index in [2.05, 4.69) is 27.8 Å². The molecule has 4 unspecified atom stereocenters. The standard InChI is InChI=1S/C22H27ClN4O3.HI/c1-24-22(25-8-7-13-5-6-16(30-2)12-17(13)23)26-9-10-27-20(28)18-14-3-4-15(11-14)19(18)21(27)29;/h3-6,12,14-15,18-19H,7-11H2,1-2H3,(H2,24,25,26);1H. The van der Waals surface area contributed by atoms with Crippen LogP contribution in [0.4, 0.5) is 0 Å². The topological polar surface area (TPSA) is 83.0 Å². The van der Waals surface area contributed by atoms with Gasteiger partial charge in [-0.1, -0.05) is 29.8 Å². The third-order valence-electron chi connectivity index (χ3n) is 6.36. The minimum Gasteiger partial charge on any atom is -0.497 e. The lowest BCUT2D eigenvalue weighted by Crippen LogP contribution is -2.44. The lowest BCUT2D eigenvalue weighted by atomic mass is 9.85. The Morgan fingerprint density at radius 3 is 2.39 bits per heavy atom. The highest BCUT2D eigenvalue weighted by molar-refractivity contribution is 14.0. The molecule has 168 valence electrons. The number of methoxy groups -OCH3 is 1. The quantitative estimate of drug-likeness (QED) is 0.177. The second-order valence-electron chi connectivity index (χ2n) is 7.96. The zero-order chi connectivity index (χ0) is 21.3. The monoisotopic (exact) mass is 558 g/mol. The highest BCUT2D eigenvalue weighted by atomic mass is 127. The van der Waals surface area contributed by atoms with E-state index < -0.39 is 0 Å². The first kappa shape index (κ1) is 23.8. The summed E-state index contributed by atoms with van der Waals surface area (Å²) in [5.74, 6) is 1.54. The van der Waals surface area contributed by atoms with Gasteiger partial charge in [-0.05, 0) is 42.4 Å². The smallest absolute Gasteiger partial charge is 0.233 e. The van der Waals surface area contributed by atoms with Crippen molar-refractivity contribution in [1.82, 2.24) is 15.5 Å². The van der Waals surface area contributed by atoms with Gasteiger partial charge in [-0.3, -0.25) is 19.5 Å². The number of nitrogens with one attached hydrogen (secondary N) is 2. The normalized spacial score (nSPS) is 26.2. The number of benzene rings is 1. The first-order valence-electron chi connectivity index (χ1n) is 10.3. The molecule has 0 spiro atoms. The molecule has 1 aliphatic heterocycles. The van der Waals surface area contributed by atoms with E-state index in [1.54, 1.807) is 20.2 Å². The number of likely N-dealkylation sites (tertiary alicyclic amines) is 1. The number of nitrogens with zero attached hydrogens (tertiary/aromatic N) is 2. The van der Waals surface area contributed by atoms with Gasteiger partial charge < -0.3 is 15.4 Å². The summed E-state index contributed by atoms with van der Waals surface area (Å²) in [4.78, 5) is 31.1. The lowest BCUT2D eigenvalue weighted by Gasteiger charge is -2.18. The molecule has 1 heterocycles. The fourth-order valence-corrected chi connectivity index (χ4v) is 5.13. The number of guanidine groups is 1. The van der Waals surface area contributed by atoms with Crippen molar-refractivity contribution >= 4 is 53.4 Å². The molecule has 1 aromatic rings. The lowest BCUT2D eigenvalue weighted by molar-refractivity contribution is -0.140. The van der Waals surface area contributed by atoms with Gasteiger partial charge in [0.2, 0.25) is 11.8 Å².